The normalized spacial score (nSPS) is 15.5. The predicted octanol–water partition coefficient (Wildman–Crippen LogP) is 5.57. The van der Waals surface area contributed by atoms with E-state index in [-0.39, 0.29) is 23.8 Å². The summed E-state index contributed by atoms with van der Waals surface area (Å²) in [5.74, 6) is 0. The first kappa shape index (κ1) is 23.1. The van der Waals surface area contributed by atoms with Crippen LogP contribution in [0.3, 0.4) is 0 Å². The molecule has 1 fully saturated rings. The van der Waals surface area contributed by atoms with E-state index in [0.717, 1.165) is 22.4 Å². The van der Waals surface area contributed by atoms with Crippen molar-refractivity contribution >= 4 is 22.5 Å². The summed E-state index contributed by atoms with van der Waals surface area (Å²) in [5, 5.41) is 8.02. The molecule has 1 aliphatic rings. The van der Waals surface area contributed by atoms with Crippen LogP contribution in [0.4, 0.5) is 23.7 Å². The quantitative estimate of drug-likeness (QED) is 0.527. The molecule has 1 saturated heterocycles. The van der Waals surface area contributed by atoms with Crippen molar-refractivity contribution in [2.45, 2.75) is 25.7 Å². The Morgan fingerprint density at radius 3 is 2.48 bits per heavy atom. The topological polar surface area (TPSA) is 53.6 Å². The highest BCUT2D eigenvalue weighted by atomic mass is 19.4. The molecule has 0 aliphatic carbocycles. The van der Waals surface area contributed by atoms with Crippen LogP contribution in [-0.2, 0) is 17.5 Å². The highest BCUT2D eigenvalue weighted by molar-refractivity contribution is 5.90. The first-order valence-corrected chi connectivity index (χ1v) is 10.9. The molecule has 1 aliphatic heterocycles. The van der Waals surface area contributed by atoms with Crippen LogP contribution in [0, 0.1) is 0 Å². The van der Waals surface area contributed by atoms with E-state index in [9.17, 15) is 18.0 Å². The third kappa shape index (κ3) is 5.29. The number of amides is 2. The largest absolute Gasteiger partial charge is 0.416 e. The average molecular weight is 457 g/mol. The zero-order valence-corrected chi connectivity index (χ0v) is 18.3. The number of nitrogens with one attached hydrogen (secondary N) is 2. The van der Waals surface area contributed by atoms with Crippen molar-refractivity contribution in [1.82, 2.24) is 10.2 Å². The van der Waals surface area contributed by atoms with Crippen LogP contribution < -0.4 is 10.6 Å². The highest BCUT2D eigenvalue weighted by Gasteiger charge is 2.34. The molecule has 0 spiro atoms. The average Bonchev–Trinajstić information content (AvgIpc) is 2.82. The molecule has 2 N–H and O–H groups in total. The van der Waals surface area contributed by atoms with E-state index in [0.29, 0.717) is 26.3 Å². The fourth-order valence-corrected chi connectivity index (χ4v) is 4.11. The second-order valence-electron chi connectivity index (χ2n) is 8.03. The monoisotopic (exact) mass is 457 g/mol. The minimum atomic E-state index is -4.54. The van der Waals surface area contributed by atoms with E-state index in [4.69, 9.17) is 4.74 Å². The number of ether oxygens (including phenoxy) is 1. The first-order valence-electron chi connectivity index (χ1n) is 10.9. The van der Waals surface area contributed by atoms with Gasteiger partial charge in [-0.1, -0.05) is 48.5 Å². The fraction of sp³-hybridized carbons (Fsp3) is 0.320. The van der Waals surface area contributed by atoms with Crippen molar-refractivity contribution in [2.75, 3.05) is 31.6 Å². The number of anilines is 1. The van der Waals surface area contributed by atoms with E-state index in [1.165, 1.54) is 12.1 Å². The van der Waals surface area contributed by atoms with Gasteiger partial charge in [-0.25, -0.2) is 4.79 Å². The third-order valence-corrected chi connectivity index (χ3v) is 5.90. The molecule has 0 bridgehead atoms. The fourth-order valence-electron chi connectivity index (χ4n) is 4.11. The maximum absolute atomic E-state index is 13.8. The molecule has 1 heterocycles. The minimum Gasteiger partial charge on any atom is -0.378 e. The number of hydrogen-bond acceptors (Lipinski definition) is 3. The standard InChI is InChI=1S/C25H26F3N3O2/c1-17(19-9-4-7-18-6-2-3-8-20(18)19)29-16-21-22(25(26,27)28)10-5-11-23(21)30-24(32)31-12-14-33-15-13-31/h2-11,17,29H,12-16H2,1H3,(H,30,32)/t17-/m1/s1. The van der Waals surface area contributed by atoms with Gasteiger partial charge in [0.15, 0.2) is 0 Å². The molecule has 3 aromatic carbocycles. The number of urea groups is 1. The lowest BCUT2D eigenvalue weighted by Crippen LogP contribution is -2.43. The van der Waals surface area contributed by atoms with E-state index in [1.807, 2.05) is 49.4 Å². The van der Waals surface area contributed by atoms with Gasteiger partial charge in [-0.15, -0.1) is 0 Å². The Balaban J connectivity index is 1.59. The molecule has 3 aromatic rings. The molecule has 8 heteroatoms. The Morgan fingerprint density at radius 2 is 1.73 bits per heavy atom. The van der Waals surface area contributed by atoms with Crippen molar-refractivity contribution in [3.05, 3.63) is 77.4 Å². The van der Waals surface area contributed by atoms with Crippen LogP contribution in [0.1, 0.15) is 29.7 Å². The van der Waals surface area contributed by atoms with Gasteiger partial charge in [-0.05, 0) is 35.4 Å². The minimum absolute atomic E-state index is 0.0127. The lowest BCUT2D eigenvalue weighted by molar-refractivity contribution is -0.138. The molecular formula is C25H26F3N3O2. The van der Waals surface area contributed by atoms with Crippen molar-refractivity contribution in [3.8, 4) is 0 Å². The Morgan fingerprint density at radius 1 is 1.03 bits per heavy atom. The number of rotatable bonds is 5. The molecule has 174 valence electrons. The predicted molar refractivity (Wildman–Crippen MR) is 122 cm³/mol. The molecular weight excluding hydrogens is 431 g/mol. The number of morpholine rings is 1. The number of benzene rings is 3. The number of alkyl halides is 3. The zero-order chi connectivity index (χ0) is 23.4. The van der Waals surface area contributed by atoms with Gasteiger partial charge in [-0.2, -0.15) is 13.2 Å². The van der Waals surface area contributed by atoms with Gasteiger partial charge in [-0.3, -0.25) is 0 Å². The number of hydrogen-bond donors (Lipinski definition) is 2. The summed E-state index contributed by atoms with van der Waals surface area (Å²) < 4.78 is 46.7. The third-order valence-electron chi connectivity index (χ3n) is 5.90. The van der Waals surface area contributed by atoms with Crippen molar-refractivity contribution in [2.24, 2.45) is 0 Å². The van der Waals surface area contributed by atoms with Crippen LogP contribution >= 0.6 is 0 Å². The van der Waals surface area contributed by atoms with Crippen LogP contribution in [0.2, 0.25) is 0 Å². The molecule has 2 amide bonds. The summed E-state index contributed by atoms with van der Waals surface area (Å²) in [7, 11) is 0. The molecule has 33 heavy (non-hydrogen) atoms. The van der Waals surface area contributed by atoms with Gasteiger partial charge >= 0.3 is 12.2 Å². The number of fused-ring (bicyclic) bond motifs is 1. The summed E-state index contributed by atoms with van der Waals surface area (Å²) in [6.45, 7) is 3.48. The smallest absolute Gasteiger partial charge is 0.378 e. The van der Waals surface area contributed by atoms with Gasteiger partial charge in [0.1, 0.15) is 0 Å². The van der Waals surface area contributed by atoms with Crippen LogP contribution in [0.15, 0.2) is 60.7 Å². The Labute approximate surface area is 190 Å². The van der Waals surface area contributed by atoms with Gasteiger partial charge in [0.2, 0.25) is 0 Å². The first-order chi connectivity index (χ1) is 15.8. The molecule has 0 saturated carbocycles. The highest BCUT2D eigenvalue weighted by Crippen LogP contribution is 2.36. The zero-order valence-electron chi connectivity index (χ0n) is 18.3. The van der Waals surface area contributed by atoms with Crippen molar-refractivity contribution in [3.63, 3.8) is 0 Å². The van der Waals surface area contributed by atoms with Gasteiger partial charge in [0, 0.05) is 36.9 Å². The molecule has 0 unspecified atom stereocenters. The van der Waals surface area contributed by atoms with Crippen LogP contribution in [-0.4, -0.2) is 37.2 Å². The molecule has 0 aromatic heterocycles. The maximum atomic E-state index is 13.8. The molecule has 1 atom stereocenters. The Bertz CT molecular complexity index is 1120. The van der Waals surface area contributed by atoms with Crippen LogP contribution in [0.5, 0.6) is 0 Å². The van der Waals surface area contributed by atoms with E-state index in [2.05, 4.69) is 10.6 Å². The van der Waals surface area contributed by atoms with Crippen LogP contribution in [0.25, 0.3) is 10.8 Å². The second kappa shape index (κ2) is 9.80. The van der Waals surface area contributed by atoms with E-state index >= 15 is 0 Å². The van der Waals surface area contributed by atoms with Gasteiger partial charge in [0.25, 0.3) is 0 Å². The Hall–Kier alpha value is -3.10. The number of halogens is 3. The van der Waals surface area contributed by atoms with Gasteiger partial charge in [0.05, 0.1) is 18.8 Å². The number of carbonyl (C=O) groups excluding carboxylic acids is 1. The van der Waals surface area contributed by atoms with E-state index < -0.39 is 17.8 Å². The summed E-state index contributed by atoms with van der Waals surface area (Å²) in [6.07, 6.45) is -4.54. The number of nitrogens with zero attached hydrogens (tertiary/aromatic N) is 1. The summed E-state index contributed by atoms with van der Waals surface area (Å²) in [5.41, 5.74) is 0.397. The maximum Gasteiger partial charge on any atom is 0.416 e. The molecule has 5 nitrogen and oxygen atoms in total. The number of carbonyl (C=O) groups is 1. The second-order valence-corrected chi connectivity index (χ2v) is 8.03. The van der Waals surface area contributed by atoms with E-state index in [1.54, 1.807) is 4.90 Å². The summed E-state index contributed by atoms with van der Waals surface area (Å²) in [4.78, 5) is 14.2. The molecule has 4 rings (SSSR count). The van der Waals surface area contributed by atoms with Crippen molar-refractivity contribution in [1.29, 1.82) is 0 Å². The van der Waals surface area contributed by atoms with Crippen molar-refractivity contribution < 1.29 is 22.7 Å². The van der Waals surface area contributed by atoms with Gasteiger partial charge < -0.3 is 20.3 Å². The summed E-state index contributed by atoms with van der Waals surface area (Å²) >= 11 is 0. The lowest BCUT2D eigenvalue weighted by atomic mass is 9.99. The summed E-state index contributed by atoms with van der Waals surface area (Å²) in [6, 6.07) is 17.0. The Kier molecular flexibility index (Phi) is 6.85. The molecule has 0 radical (unpaired) electrons. The lowest BCUT2D eigenvalue weighted by Gasteiger charge is -2.28. The SMILES string of the molecule is C[C@@H](NCc1c(NC(=O)N2CCOCC2)cccc1C(F)(F)F)c1cccc2ccccc12.